The third kappa shape index (κ3) is 4.30. The Balaban J connectivity index is 1.61. The van der Waals surface area contributed by atoms with Crippen LogP contribution >= 0.6 is 0 Å². The van der Waals surface area contributed by atoms with Gasteiger partial charge in [-0.1, -0.05) is 60.7 Å². The number of nitrogens with one attached hydrogen (secondary N) is 2. The summed E-state index contributed by atoms with van der Waals surface area (Å²) in [5.41, 5.74) is 2.98. The SMILES string of the molecule is O=S1(=O)NC(=NCc2ccccc2F)Nc2c(CCc3ccccc3)cccc21. The number of anilines is 1. The number of aryl methyl sites for hydroxylation is 2. The standard InChI is InChI=1S/C22H20FN3O2S/c23-19-11-5-4-9-18(19)15-24-22-25-21-17(14-13-16-7-2-1-3-8-16)10-6-12-20(21)29(27,28)26-22/h1-12H,13-15H2,(H2,24,25,26). The van der Waals surface area contributed by atoms with Gasteiger partial charge in [-0.3, -0.25) is 0 Å². The number of sulfonamides is 1. The van der Waals surface area contributed by atoms with E-state index >= 15 is 0 Å². The van der Waals surface area contributed by atoms with Crippen molar-refractivity contribution in [2.45, 2.75) is 24.3 Å². The predicted octanol–water partition coefficient (Wildman–Crippen LogP) is 3.87. The molecule has 0 spiro atoms. The average molecular weight is 409 g/mol. The second kappa shape index (κ2) is 8.05. The molecule has 0 radical (unpaired) electrons. The third-order valence-corrected chi connectivity index (χ3v) is 6.15. The summed E-state index contributed by atoms with van der Waals surface area (Å²) in [7, 11) is -3.75. The van der Waals surface area contributed by atoms with Crippen molar-refractivity contribution in [3.8, 4) is 0 Å². The first-order valence-electron chi connectivity index (χ1n) is 9.26. The highest BCUT2D eigenvalue weighted by molar-refractivity contribution is 7.90. The van der Waals surface area contributed by atoms with Crippen molar-refractivity contribution in [3.05, 3.63) is 95.3 Å². The number of aliphatic imine (C=N–C) groups is 1. The van der Waals surface area contributed by atoms with Gasteiger partial charge < -0.3 is 5.32 Å². The maximum atomic E-state index is 13.8. The maximum Gasteiger partial charge on any atom is 0.266 e. The van der Waals surface area contributed by atoms with Crippen LogP contribution in [-0.2, 0) is 29.4 Å². The fraction of sp³-hybridized carbons (Fsp3) is 0.136. The first kappa shape index (κ1) is 19.1. The molecule has 1 heterocycles. The molecule has 0 unspecified atom stereocenters. The van der Waals surface area contributed by atoms with Gasteiger partial charge in [0.1, 0.15) is 10.7 Å². The first-order valence-corrected chi connectivity index (χ1v) is 10.7. The van der Waals surface area contributed by atoms with E-state index in [4.69, 9.17) is 0 Å². The van der Waals surface area contributed by atoms with E-state index in [2.05, 4.69) is 15.0 Å². The van der Waals surface area contributed by atoms with Gasteiger partial charge in [0, 0.05) is 5.56 Å². The second-order valence-electron chi connectivity index (χ2n) is 6.76. The number of nitrogens with zero attached hydrogens (tertiary/aromatic N) is 1. The number of halogens is 1. The van der Waals surface area contributed by atoms with E-state index in [0.717, 1.165) is 12.0 Å². The maximum absolute atomic E-state index is 13.8. The number of para-hydroxylation sites is 1. The van der Waals surface area contributed by atoms with Crippen LogP contribution in [0.2, 0.25) is 0 Å². The molecule has 0 saturated heterocycles. The summed E-state index contributed by atoms with van der Waals surface area (Å²) in [6.07, 6.45) is 1.46. The number of guanidine groups is 1. The smallest absolute Gasteiger partial charge is 0.266 e. The Bertz CT molecular complexity index is 1160. The van der Waals surface area contributed by atoms with Crippen molar-refractivity contribution < 1.29 is 12.8 Å². The monoisotopic (exact) mass is 409 g/mol. The molecule has 1 aliphatic heterocycles. The van der Waals surface area contributed by atoms with E-state index in [-0.39, 0.29) is 23.2 Å². The summed E-state index contributed by atoms with van der Waals surface area (Å²) in [6.45, 7) is 0.0268. The molecule has 1 aliphatic rings. The molecule has 0 aromatic heterocycles. The molecule has 3 aromatic rings. The quantitative estimate of drug-likeness (QED) is 0.672. The Morgan fingerprint density at radius 3 is 2.34 bits per heavy atom. The summed E-state index contributed by atoms with van der Waals surface area (Å²) < 4.78 is 41.6. The fourth-order valence-corrected chi connectivity index (χ4v) is 4.45. The molecule has 3 aromatic carbocycles. The Labute approximate surface area is 169 Å². The highest BCUT2D eigenvalue weighted by Crippen LogP contribution is 2.29. The van der Waals surface area contributed by atoms with E-state index in [1.807, 2.05) is 36.4 Å². The summed E-state index contributed by atoms with van der Waals surface area (Å²) >= 11 is 0. The highest BCUT2D eigenvalue weighted by atomic mass is 32.2. The lowest BCUT2D eigenvalue weighted by Gasteiger charge is -2.24. The Morgan fingerprint density at radius 2 is 1.55 bits per heavy atom. The minimum atomic E-state index is -3.75. The molecule has 4 rings (SSSR count). The van der Waals surface area contributed by atoms with E-state index in [0.29, 0.717) is 17.7 Å². The average Bonchev–Trinajstić information content (AvgIpc) is 2.72. The summed E-state index contributed by atoms with van der Waals surface area (Å²) in [5, 5.41) is 3.08. The van der Waals surface area contributed by atoms with Crippen LogP contribution in [0.1, 0.15) is 16.7 Å². The molecule has 0 aliphatic carbocycles. The Morgan fingerprint density at radius 1 is 0.828 bits per heavy atom. The minimum Gasteiger partial charge on any atom is -0.324 e. The topological polar surface area (TPSA) is 70.6 Å². The molecule has 0 bridgehead atoms. The zero-order chi connectivity index (χ0) is 20.3. The number of hydrogen-bond acceptors (Lipinski definition) is 3. The molecule has 0 fully saturated rings. The molecule has 7 heteroatoms. The van der Waals surface area contributed by atoms with Gasteiger partial charge in [-0.2, -0.15) is 0 Å². The first-order chi connectivity index (χ1) is 14.0. The molecular weight excluding hydrogens is 389 g/mol. The minimum absolute atomic E-state index is 0.0268. The van der Waals surface area contributed by atoms with Crippen molar-refractivity contribution in [1.82, 2.24) is 4.72 Å². The third-order valence-electron chi connectivity index (χ3n) is 4.77. The van der Waals surface area contributed by atoms with Crippen LogP contribution in [0, 0.1) is 5.82 Å². The van der Waals surface area contributed by atoms with Crippen LogP contribution in [0.5, 0.6) is 0 Å². The summed E-state index contributed by atoms with van der Waals surface area (Å²) in [4.78, 5) is 4.43. The van der Waals surface area contributed by atoms with Gasteiger partial charge >= 0.3 is 0 Å². The summed E-state index contributed by atoms with van der Waals surface area (Å²) in [5.74, 6) is -0.285. The number of hydrogen-bond donors (Lipinski definition) is 2. The van der Waals surface area contributed by atoms with E-state index in [9.17, 15) is 12.8 Å². The Kier molecular flexibility index (Phi) is 5.31. The Hall–Kier alpha value is -3.19. The zero-order valence-electron chi connectivity index (χ0n) is 15.6. The van der Waals surface area contributed by atoms with Crippen molar-refractivity contribution in [2.75, 3.05) is 5.32 Å². The lowest BCUT2D eigenvalue weighted by atomic mass is 10.0. The van der Waals surface area contributed by atoms with Gasteiger partial charge in [0.25, 0.3) is 10.0 Å². The fourth-order valence-electron chi connectivity index (χ4n) is 3.26. The molecule has 2 N–H and O–H groups in total. The van der Waals surface area contributed by atoms with E-state index in [1.165, 1.54) is 11.6 Å². The van der Waals surface area contributed by atoms with Crippen LogP contribution in [0.4, 0.5) is 10.1 Å². The summed E-state index contributed by atoms with van der Waals surface area (Å²) in [6, 6.07) is 21.5. The van der Waals surface area contributed by atoms with E-state index < -0.39 is 10.0 Å². The van der Waals surface area contributed by atoms with Crippen molar-refractivity contribution in [2.24, 2.45) is 4.99 Å². The molecule has 0 atom stereocenters. The lowest BCUT2D eigenvalue weighted by Crippen LogP contribution is -2.41. The van der Waals surface area contributed by atoms with Crippen LogP contribution in [-0.4, -0.2) is 14.4 Å². The number of benzene rings is 3. The van der Waals surface area contributed by atoms with Crippen LogP contribution in [0.3, 0.4) is 0 Å². The van der Waals surface area contributed by atoms with Gasteiger partial charge in [0.05, 0.1) is 12.2 Å². The van der Waals surface area contributed by atoms with Crippen molar-refractivity contribution in [1.29, 1.82) is 0 Å². The highest BCUT2D eigenvalue weighted by Gasteiger charge is 2.28. The van der Waals surface area contributed by atoms with Gasteiger partial charge in [-0.15, -0.1) is 0 Å². The molecule has 29 heavy (non-hydrogen) atoms. The molecule has 0 saturated carbocycles. The van der Waals surface area contributed by atoms with Gasteiger partial charge in [-0.25, -0.2) is 22.5 Å². The van der Waals surface area contributed by atoms with Crippen molar-refractivity contribution >= 4 is 21.7 Å². The van der Waals surface area contributed by atoms with Gasteiger partial charge in [-0.05, 0) is 36.1 Å². The normalized spacial score (nSPS) is 16.0. The predicted molar refractivity (Wildman–Crippen MR) is 112 cm³/mol. The lowest BCUT2D eigenvalue weighted by molar-refractivity contribution is 0.591. The molecule has 5 nitrogen and oxygen atoms in total. The van der Waals surface area contributed by atoms with Crippen LogP contribution in [0.25, 0.3) is 0 Å². The molecular formula is C22H20FN3O2S. The number of fused-ring (bicyclic) bond motifs is 1. The van der Waals surface area contributed by atoms with E-state index in [1.54, 1.807) is 30.3 Å². The molecule has 0 amide bonds. The van der Waals surface area contributed by atoms with Crippen LogP contribution < -0.4 is 10.0 Å². The number of rotatable bonds is 5. The zero-order valence-corrected chi connectivity index (χ0v) is 16.4. The second-order valence-corrected chi connectivity index (χ2v) is 8.41. The van der Waals surface area contributed by atoms with Gasteiger partial charge in [0.2, 0.25) is 5.96 Å². The van der Waals surface area contributed by atoms with Crippen LogP contribution in [0.15, 0.2) is 82.7 Å². The largest absolute Gasteiger partial charge is 0.324 e. The molecule has 148 valence electrons. The van der Waals surface area contributed by atoms with Crippen molar-refractivity contribution in [3.63, 3.8) is 0 Å². The van der Waals surface area contributed by atoms with Gasteiger partial charge in [0.15, 0.2) is 0 Å².